The lowest BCUT2D eigenvalue weighted by molar-refractivity contribution is 0.317. The zero-order valence-electron chi connectivity index (χ0n) is 27.1. The smallest absolute Gasteiger partial charge is 0.0340 e. The molecule has 0 aromatic carbocycles. The Kier molecular flexibility index (Phi) is 8.18. The van der Waals surface area contributed by atoms with Gasteiger partial charge in [0.05, 0.1) is 0 Å². The number of hydrogen-bond acceptors (Lipinski definition) is 8. The van der Waals surface area contributed by atoms with Gasteiger partial charge in [0.1, 0.15) is 0 Å². The first kappa shape index (κ1) is 30.0. The van der Waals surface area contributed by atoms with Crippen LogP contribution in [0.25, 0.3) is 0 Å². The molecule has 5 aliphatic heterocycles. The van der Waals surface area contributed by atoms with E-state index < -0.39 is 0 Å². The van der Waals surface area contributed by atoms with E-state index in [1.54, 1.807) is 0 Å². The molecule has 8 nitrogen and oxygen atoms in total. The van der Waals surface area contributed by atoms with Crippen molar-refractivity contribution in [1.82, 2.24) is 41.2 Å². The summed E-state index contributed by atoms with van der Waals surface area (Å²) in [4.78, 5) is 17.6. The second-order valence-corrected chi connectivity index (χ2v) is 14.3. The highest BCUT2D eigenvalue weighted by Crippen LogP contribution is 2.43. The normalized spacial score (nSPS) is 37.2. The number of rotatable bonds is 4. The predicted molar refractivity (Wildman–Crippen MR) is 188 cm³/mol. The van der Waals surface area contributed by atoms with Gasteiger partial charge in [-0.25, -0.2) is 0 Å². The lowest BCUT2D eigenvalue weighted by atomic mass is 9.83. The van der Waals surface area contributed by atoms with Crippen molar-refractivity contribution in [2.75, 3.05) is 0 Å². The maximum atomic E-state index is 4.39. The van der Waals surface area contributed by atoms with Crippen LogP contribution in [0.3, 0.4) is 0 Å². The van der Waals surface area contributed by atoms with Crippen molar-refractivity contribution in [1.29, 1.82) is 0 Å². The van der Waals surface area contributed by atoms with Crippen LogP contribution >= 0.6 is 0 Å². The summed E-state index contributed by atoms with van der Waals surface area (Å²) >= 11 is 0. The fraction of sp³-hybridized carbons (Fsp3) is 0.400. The molecule has 0 amide bonds. The first-order chi connectivity index (χ1) is 23.8. The van der Waals surface area contributed by atoms with Crippen LogP contribution in [0.2, 0.25) is 0 Å². The van der Waals surface area contributed by atoms with Gasteiger partial charge in [0.15, 0.2) is 0 Å². The molecule has 9 heterocycles. The predicted octanol–water partition coefficient (Wildman–Crippen LogP) is 4.75. The van der Waals surface area contributed by atoms with Crippen molar-refractivity contribution >= 4 is 0 Å². The Balaban J connectivity index is 1.14. The average Bonchev–Trinajstić information content (AvgIpc) is 3.98. The van der Waals surface area contributed by atoms with Gasteiger partial charge in [-0.1, -0.05) is 24.3 Å². The number of hydrogen-bond donors (Lipinski definition) is 4. The second-order valence-electron chi connectivity index (χ2n) is 14.3. The maximum Gasteiger partial charge on any atom is 0.0340 e. The maximum absolute atomic E-state index is 4.39. The Morgan fingerprint density at radius 1 is 0.333 bits per heavy atom. The van der Waals surface area contributed by atoms with E-state index in [9.17, 15) is 0 Å². The molecular formula is C40H44N8. The molecule has 5 aliphatic rings. The van der Waals surface area contributed by atoms with E-state index in [2.05, 4.69) is 114 Å². The fourth-order valence-corrected chi connectivity index (χ4v) is 9.88. The molecule has 4 aromatic heterocycles. The highest BCUT2D eigenvalue weighted by molar-refractivity contribution is 5.35. The Morgan fingerprint density at radius 3 is 0.792 bits per heavy atom. The van der Waals surface area contributed by atoms with Crippen LogP contribution in [-0.2, 0) is 0 Å². The lowest BCUT2D eigenvalue weighted by Crippen LogP contribution is -2.52. The molecular weight excluding hydrogens is 592 g/mol. The van der Waals surface area contributed by atoms with Crippen molar-refractivity contribution in [2.45, 2.75) is 97.7 Å². The SMILES string of the molecule is C1=CC2NC1C(c1ccncc1)C1CCC(N1)C(c1ccncc1)C1C=CC(N1)C(c1ccncc1)C1CCC(N1)C2c1ccncc1. The van der Waals surface area contributed by atoms with Gasteiger partial charge in [-0.15, -0.1) is 0 Å². The number of nitrogens with zero attached hydrogens (tertiary/aromatic N) is 4. The lowest BCUT2D eigenvalue weighted by Gasteiger charge is -2.37. The Morgan fingerprint density at radius 2 is 0.562 bits per heavy atom. The van der Waals surface area contributed by atoms with Crippen LogP contribution in [0.4, 0.5) is 0 Å². The van der Waals surface area contributed by atoms with Crippen molar-refractivity contribution < 1.29 is 0 Å². The highest BCUT2D eigenvalue weighted by atomic mass is 15.1. The summed E-state index contributed by atoms with van der Waals surface area (Å²) < 4.78 is 0. The van der Waals surface area contributed by atoms with Crippen LogP contribution in [0.15, 0.2) is 122 Å². The summed E-state index contributed by atoms with van der Waals surface area (Å²) in [6.07, 6.45) is 29.9. The number of nitrogens with one attached hydrogen (secondary N) is 4. The van der Waals surface area contributed by atoms with Gasteiger partial charge in [-0.3, -0.25) is 19.9 Å². The van der Waals surface area contributed by atoms with E-state index in [-0.39, 0.29) is 47.8 Å². The van der Waals surface area contributed by atoms with Gasteiger partial charge in [-0.2, -0.15) is 0 Å². The summed E-state index contributed by atoms with van der Waals surface area (Å²) in [5, 5.41) is 16.8. The molecule has 48 heavy (non-hydrogen) atoms. The molecule has 244 valence electrons. The van der Waals surface area contributed by atoms with Crippen LogP contribution in [0.5, 0.6) is 0 Å². The van der Waals surface area contributed by atoms with Gasteiger partial charge in [-0.05, 0) is 96.5 Å². The number of aromatic nitrogens is 4. The van der Waals surface area contributed by atoms with Crippen molar-refractivity contribution in [2.24, 2.45) is 0 Å². The molecule has 4 aromatic rings. The van der Waals surface area contributed by atoms with Gasteiger partial charge in [0, 0.05) is 122 Å². The van der Waals surface area contributed by atoms with Crippen molar-refractivity contribution in [3.05, 3.63) is 145 Å². The highest BCUT2D eigenvalue weighted by Gasteiger charge is 2.47. The molecule has 0 radical (unpaired) electrons. The monoisotopic (exact) mass is 636 g/mol. The summed E-state index contributed by atoms with van der Waals surface area (Å²) in [7, 11) is 0. The van der Waals surface area contributed by atoms with Crippen molar-refractivity contribution in [3.8, 4) is 0 Å². The zero-order valence-corrected chi connectivity index (χ0v) is 27.1. The number of pyridine rings is 4. The quantitative estimate of drug-likeness (QED) is 0.239. The van der Waals surface area contributed by atoms with Crippen molar-refractivity contribution in [3.63, 3.8) is 0 Å². The van der Waals surface area contributed by atoms with E-state index in [0.717, 1.165) is 25.7 Å². The second kappa shape index (κ2) is 13.1. The Labute approximate surface area is 283 Å². The third-order valence-electron chi connectivity index (χ3n) is 11.9. The Hall–Kier alpha value is -4.08. The van der Waals surface area contributed by atoms with Gasteiger partial charge >= 0.3 is 0 Å². The standard InChI is InChI=1S/C40H44N8/c1-2-30-38(26-11-19-42-20-12-26)32-5-6-34(47-32)40(28-15-23-44-24-16-28)36-8-7-35(48-36)39(27-13-21-43-22-14-27)33-4-3-31(46-33)37(29(1)45-30)25-9-17-41-18-10-25/h1-2,7-24,29-40,45-48H,3-6H2. The topological polar surface area (TPSA) is 99.7 Å². The molecule has 8 heteroatoms. The molecule has 3 saturated heterocycles. The van der Waals surface area contributed by atoms with Crippen LogP contribution in [0, 0.1) is 0 Å². The van der Waals surface area contributed by atoms with Gasteiger partial charge in [0.2, 0.25) is 0 Å². The zero-order chi connectivity index (χ0) is 31.9. The van der Waals surface area contributed by atoms with E-state index in [4.69, 9.17) is 0 Å². The molecule has 0 spiro atoms. The van der Waals surface area contributed by atoms with Crippen LogP contribution < -0.4 is 21.3 Å². The van der Waals surface area contributed by atoms with E-state index in [0.29, 0.717) is 24.2 Å². The third-order valence-corrected chi connectivity index (χ3v) is 11.9. The van der Waals surface area contributed by atoms with E-state index in [1.165, 1.54) is 22.3 Å². The number of fused-ring (bicyclic) bond motifs is 8. The molecule has 12 atom stereocenters. The molecule has 8 bridgehead atoms. The molecule has 3 fully saturated rings. The van der Waals surface area contributed by atoms with E-state index in [1.807, 2.05) is 49.6 Å². The summed E-state index contributed by atoms with van der Waals surface area (Å²) in [6.45, 7) is 0. The first-order valence-corrected chi connectivity index (χ1v) is 17.8. The summed E-state index contributed by atoms with van der Waals surface area (Å²) in [5.41, 5.74) is 5.36. The van der Waals surface area contributed by atoms with Crippen LogP contribution in [-0.4, -0.2) is 68.3 Å². The summed E-state index contributed by atoms with van der Waals surface area (Å²) in [5.74, 6) is 1.12. The molecule has 9 rings (SSSR count). The molecule has 0 saturated carbocycles. The van der Waals surface area contributed by atoms with Gasteiger partial charge in [0.25, 0.3) is 0 Å². The van der Waals surface area contributed by atoms with E-state index >= 15 is 0 Å². The third kappa shape index (κ3) is 5.60. The minimum Gasteiger partial charge on any atom is -0.310 e. The molecule has 0 aliphatic carbocycles. The molecule has 4 N–H and O–H groups in total. The largest absolute Gasteiger partial charge is 0.310 e. The first-order valence-electron chi connectivity index (χ1n) is 17.8. The molecule has 12 unspecified atom stereocenters. The average molecular weight is 637 g/mol. The van der Waals surface area contributed by atoms with Gasteiger partial charge < -0.3 is 21.3 Å². The summed E-state index contributed by atoms with van der Waals surface area (Å²) in [6, 6.07) is 19.9. The fourth-order valence-electron chi connectivity index (χ4n) is 9.88. The Bertz CT molecular complexity index is 1470. The minimum atomic E-state index is 0.209. The van der Waals surface area contributed by atoms with Crippen LogP contribution in [0.1, 0.15) is 71.6 Å². The minimum absolute atomic E-state index is 0.209.